The van der Waals surface area contributed by atoms with Crippen LogP contribution >= 0.6 is 0 Å². The molecule has 3 rings (SSSR count). The van der Waals surface area contributed by atoms with E-state index >= 15 is 0 Å². The summed E-state index contributed by atoms with van der Waals surface area (Å²) >= 11 is 0. The van der Waals surface area contributed by atoms with E-state index in [4.69, 9.17) is 9.47 Å². The Morgan fingerprint density at radius 1 is 1.07 bits per heavy atom. The van der Waals surface area contributed by atoms with Crippen molar-refractivity contribution >= 4 is 17.5 Å². The molecule has 1 saturated heterocycles. The van der Waals surface area contributed by atoms with Crippen molar-refractivity contribution in [1.29, 1.82) is 0 Å². The van der Waals surface area contributed by atoms with Crippen LogP contribution < -0.4 is 14.8 Å². The summed E-state index contributed by atoms with van der Waals surface area (Å²) in [6.45, 7) is 3.11. The summed E-state index contributed by atoms with van der Waals surface area (Å²) in [4.78, 5) is 26.7. The van der Waals surface area contributed by atoms with Crippen molar-refractivity contribution in [3.63, 3.8) is 0 Å². The van der Waals surface area contributed by atoms with E-state index in [-0.39, 0.29) is 24.2 Å². The number of nitrogens with zero attached hydrogens (tertiary/aromatic N) is 1. The zero-order chi connectivity index (χ0) is 20.8. The number of carbonyl (C=O) groups excluding carboxylic acids is 2. The molecule has 0 radical (unpaired) electrons. The summed E-state index contributed by atoms with van der Waals surface area (Å²) in [6.07, 6.45) is 1.91. The minimum absolute atomic E-state index is 0.0203. The molecule has 0 aliphatic carbocycles. The second-order valence-electron chi connectivity index (χ2n) is 7.22. The number of hydrogen-bond donors (Lipinski definition) is 1. The second kappa shape index (κ2) is 9.45. The van der Waals surface area contributed by atoms with Gasteiger partial charge in [0.2, 0.25) is 11.8 Å². The molecule has 1 aliphatic rings. The predicted molar refractivity (Wildman–Crippen MR) is 112 cm³/mol. The largest absolute Gasteiger partial charge is 0.493 e. The second-order valence-corrected chi connectivity index (χ2v) is 7.22. The van der Waals surface area contributed by atoms with Gasteiger partial charge in [-0.1, -0.05) is 25.1 Å². The van der Waals surface area contributed by atoms with Crippen molar-refractivity contribution in [3.05, 3.63) is 53.6 Å². The van der Waals surface area contributed by atoms with Gasteiger partial charge >= 0.3 is 0 Å². The normalized spacial score (nSPS) is 16.0. The minimum atomic E-state index is -0.321. The van der Waals surface area contributed by atoms with Crippen molar-refractivity contribution in [3.8, 4) is 11.5 Å². The Balaban J connectivity index is 1.55. The lowest BCUT2D eigenvalue weighted by Gasteiger charge is -2.17. The molecule has 1 N–H and O–H groups in total. The molecule has 6 heteroatoms. The van der Waals surface area contributed by atoms with Crippen LogP contribution in [0.3, 0.4) is 0 Å². The Morgan fingerprint density at radius 2 is 1.76 bits per heavy atom. The zero-order valence-corrected chi connectivity index (χ0v) is 17.2. The van der Waals surface area contributed by atoms with Crippen LogP contribution in [0.1, 0.15) is 24.5 Å². The third kappa shape index (κ3) is 5.08. The van der Waals surface area contributed by atoms with Crippen LogP contribution in [-0.2, 0) is 22.4 Å². The maximum Gasteiger partial charge on any atom is 0.229 e. The maximum atomic E-state index is 12.6. The summed E-state index contributed by atoms with van der Waals surface area (Å²) in [5, 5.41) is 2.93. The summed E-state index contributed by atoms with van der Waals surface area (Å²) < 4.78 is 10.6. The lowest BCUT2D eigenvalue weighted by Crippen LogP contribution is -2.30. The first-order valence-electron chi connectivity index (χ1n) is 9.92. The number of methoxy groups -OCH3 is 2. The number of amides is 2. The number of likely N-dealkylation sites (tertiary alicyclic amines) is 1. The number of anilines is 1. The van der Waals surface area contributed by atoms with Gasteiger partial charge in [0.05, 0.1) is 20.1 Å². The van der Waals surface area contributed by atoms with Crippen LogP contribution in [-0.4, -0.2) is 44.0 Å². The smallest absolute Gasteiger partial charge is 0.229 e. The molecule has 1 unspecified atom stereocenters. The summed E-state index contributed by atoms with van der Waals surface area (Å²) in [5.41, 5.74) is 3.04. The summed E-state index contributed by atoms with van der Waals surface area (Å²) in [7, 11) is 3.20. The monoisotopic (exact) mass is 396 g/mol. The van der Waals surface area contributed by atoms with E-state index in [1.54, 1.807) is 19.1 Å². The van der Waals surface area contributed by atoms with Crippen LogP contribution in [0.4, 0.5) is 5.69 Å². The molecule has 0 bridgehead atoms. The van der Waals surface area contributed by atoms with Gasteiger partial charge in [0.1, 0.15) is 0 Å². The highest BCUT2D eigenvalue weighted by atomic mass is 16.5. The average molecular weight is 396 g/mol. The van der Waals surface area contributed by atoms with Gasteiger partial charge in [0.25, 0.3) is 0 Å². The molecule has 2 aromatic carbocycles. The maximum absolute atomic E-state index is 12.6. The Hall–Kier alpha value is -3.02. The van der Waals surface area contributed by atoms with Gasteiger partial charge < -0.3 is 19.7 Å². The molecular formula is C23H28N2O4. The zero-order valence-electron chi connectivity index (χ0n) is 17.2. The van der Waals surface area contributed by atoms with E-state index in [0.29, 0.717) is 31.0 Å². The van der Waals surface area contributed by atoms with Crippen LogP contribution in [0.5, 0.6) is 11.5 Å². The van der Waals surface area contributed by atoms with Gasteiger partial charge in [-0.15, -0.1) is 0 Å². The summed E-state index contributed by atoms with van der Waals surface area (Å²) in [5.74, 6) is 0.947. The quantitative estimate of drug-likeness (QED) is 0.743. The lowest BCUT2D eigenvalue weighted by atomic mass is 10.1. The van der Waals surface area contributed by atoms with E-state index in [1.165, 1.54) is 5.56 Å². The number of hydrogen-bond acceptors (Lipinski definition) is 4. The Morgan fingerprint density at radius 3 is 2.41 bits per heavy atom. The molecule has 6 nitrogen and oxygen atoms in total. The van der Waals surface area contributed by atoms with Gasteiger partial charge in [-0.2, -0.15) is 0 Å². The number of ether oxygens (including phenoxy) is 2. The summed E-state index contributed by atoms with van der Waals surface area (Å²) in [6, 6.07) is 13.6. The van der Waals surface area contributed by atoms with Crippen molar-refractivity contribution in [2.45, 2.75) is 26.2 Å². The highest BCUT2D eigenvalue weighted by Gasteiger charge is 2.34. The van der Waals surface area contributed by atoms with Crippen molar-refractivity contribution in [2.75, 3.05) is 32.6 Å². The van der Waals surface area contributed by atoms with Crippen LogP contribution in [0.25, 0.3) is 0 Å². The standard InChI is InChI=1S/C23H28N2O4/c1-4-16-5-8-19(9-6-16)24-23(27)18-14-22(26)25(15-18)12-11-17-7-10-20(28-2)21(13-17)29-3/h5-10,13,18H,4,11-12,14-15H2,1-3H3,(H,24,27). The number of aryl methyl sites for hydroxylation is 1. The molecule has 0 aromatic heterocycles. The first kappa shape index (κ1) is 20.7. The number of carbonyl (C=O) groups is 2. The Labute approximate surface area is 171 Å². The SMILES string of the molecule is CCc1ccc(NC(=O)C2CC(=O)N(CCc3ccc(OC)c(OC)c3)C2)cc1. The van der Waals surface area contributed by atoms with Crippen LogP contribution in [0.2, 0.25) is 0 Å². The molecule has 1 heterocycles. The molecule has 1 fully saturated rings. The van der Waals surface area contributed by atoms with E-state index in [1.807, 2.05) is 42.5 Å². The van der Waals surface area contributed by atoms with E-state index < -0.39 is 0 Å². The lowest BCUT2D eigenvalue weighted by molar-refractivity contribution is -0.128. The van der Waals surface area contributed by atoms with Crippen molar-refractivity contribution in [2.24, 2.45) is 5.92 Å². The van der Waals surface area contributed by atoms with Crippen LogP contribution in [0.15, 0.2) is 42.5 Å². The number of nitrogens with one attached hydrogen (secondary N) is 1. The highest BCUT2D eigenvalue weighted by Crippen LogP contribution is 2.28. The number of rotatable bonds is 8. The molecule has 1 aliphatic heterocycles. The van der Waals surface area contributed by atoms with E-state index in [0.717, 1.165) is 17.7 Å². The molecular weight excluding hydrogens is 368 g/mol. The fourth-order valence-electron chi connectivity index (χ4n) is 3.53. The first-order chi connectivity index (χ1) is 14.0. The highest BCUT2D eigenvalue weighted by molar-refractivity contribution is 5.97. The first-order valence-corrected chi connectivity index (χ1v) is 9.92. The van der Waals surface area contributed by atoms with Crippen molar-refractivity contribution < 1.29 is 19.1 Å². The molecule has 29 heavy (non-hydrogen) atoms. The molecule has 2 amide bonds. The van der Waals surface area contributed by atoms with E-state index in [9.17, 15) is 9.59 Å². The third-order valence-corrected chi connectivity index (χ3v) is 5.33. The van der Waals surface area contributed by atoms with E-state index in [2.05, 4.69) is 12.2 Å². The number of benzene rings is 2. The topological polar surface area (TPSA) is 67.9 Å². The fourth-order valence-corrected chi connectivity index (χ4v) is 3.53. The molecule has 1 atom stereocenters. The molecule has 0 spiro atoms. The fraction of sp³-hybridized carbons (Fsp3) is 0.391. The van der Waals surface area contributed by atoms with Crippen LogP contribution in [0, 0.1) is 5.92 Å². The Bertz CT molecular complexity index is 864. The molecule has 154 valence electrons. The average Bonchev–Trinajstić information content (AvgIpc) is 3.13. The van der Waals surface area contributed by atoms with Gasteiger partial charge in [-0.3, -0.25) is 9.59 Å². The third-order valence-electron chi connectivity index (χ3n) is 5.33. The van der Waals surface area contributed by atoms with Gasteiger partial charge in [0, 0.05) is 25.2 Å². The Kier molecular flexibility index (Phi) is 6.75. The molecule has 0 saturated carbocycles. The van der Waals surface area contributed by atoms with Crippen molar-refractivity contribution in [1.82, 2.24) is 4.90 Å². The molecule has 2 aromatic rings. The predicted octanol–water partition coefficient (Wildman–Crippen LogP) is 3.30. The minimum Gasteiger partial charge on any atom is -0.493 e. The van der Waals surface area contributed by atoms with Gasteiger partial charge in [-0.05, 0) is 48.2 Å². The van der Waals surface area contributed by atoms with Gasteiger partial charge in [-0.25, -0.2) is 0 Å². The van der Waals surface area contributed by atoms with Gasteiger partial charge in [0.15, 0.2) is 11.5 Å².